The van der Waals surface area contributed by atoms with Gasteiger partial charge in [0.05, 0.1) is 30.4 Å². The highest BCUT2D eigenvalue weighted by molar-refractivity contribution is 7.20. The highest BCUT2D eigenvalue weighted by Gasteiger charge is 2.27. The Balaban J connectivity index is 1.87. The Kier molecular flexibility index (Phi) is 3.62. The molecule has 126 valence electrons. The zero-order valence-electron chi connectivity index (χ0n) is 13.6. The van der Waals surface area contributed by atoms with Crippen LogP contribution in [-0.4, -0.2) is 25.2 Å². The quantitative estimate of drug-likeness (QED) is 0.695. The van der Waals surface area contributed by atoms with E-state index in [1.54, 1.807) is 32.4 Å². The van der Waals surface area contributed by atoms with E-state index in [-0.39, 0.29) is 11.7 Å². The van der Waals surface area contributed by atoms with E-state index in [1.807, 2.05) is 24.3 Å². The maximum atomic E-state index is 12.4. The van der Waals surface area contributed by atoms with Crippen LogP contribution in [0.5, 0.6) is 17.2 Å². The number of benzene rings is 2. The molecule has 0 fully saturated rings. The van der Waals surface area contributed by atoms with Crippen LogP contribution in [0, 0.1) is 0 Å². The second-order valence-electron chi connectivity index (χ2n) is 5.58. The van der Waals surface area contributed by atoms with E-state index in [0.29, 0.717) is 27.6 Å². The molecular weight excluding hydrogens is 338 g/mol. The van der Waals surface area contributed by atoms with Crippen molar-refractivity contribution in [1.82, 2.24) is 0 Å². The molecule has 2 N–H and O–H groups in total. The van der Waals surface area contributed by atoms with Gasteiger partial charge in [-0.2, -0.15) is 0 Å². The third-order valence-corrected chi connectivity index (χ3v) is 5.28. The fourth-order valence-electron chi connectivity index (χ4n) is 2.94. The number of amides is 1. The molecule has 3 aromatic rings. The summed E-state index contributed by atoms with van der Waals surface area (Å²) in [7, 11) is 3.10. The predicted molar refractivity (Wildman–Crippen MR) is 99.5 cm³/mol. The number of fused-ring (bicyclic) bond motifs is 2. The molecule has 4 rings (SSSR count). The minimum atomic E-state index is -0.220. The van der Waals surface area contributed by atoms with Gasteiger partial charge in [-0.25, -0.2) is 0 Å². The van der Waals surface area contributed by atoms with Crippen LogP contribution in [0.1, 0.15) is 10.4 Å². The summed E-state index contributed by atoms with van der Waals surface area (Å²) >= 11 is 1.44. The fourth-order valence-corrected chi connectivity index (χ4v) is 3.98. The van der Waals surface area contributed by atoms with Crippen molar-refractivity contribution in [1.29, 1.82) is 0 Å². The highest BCUT2D eigenvalue weighted by Crippen LogP contribution is 2.44. The van der Waals surface area contributed by atoms with E-state index in [1.165, 1.54) is 11.3 Å². The molecule has 2 heterocycles. The van der Waals surface area contributed by atoms with Gasteiger partial charge in [-0.05, 0) is 24.3 Å². The third kappa shape index (κ3) is 2.42. The molecule has 1 amide bonds. The zero-order chi connectivity index (χ0) is 17.6. The smallest absolute Gasteiger partial charge is 0.256 e. The van der Waals surface area contributed by atoms with Crippen molar-refractivity contribution in [3.05, 3.63) is 46.8 Å². The molecule has 1 aliphatic rings. The topological polar surface area (TPSA) is 67.8 Å². The first-order valence-electron chi connectivity index (χ1n) is 7.62. The van der Waals surface area contributed by atoms with Crippen molar-refractivity contribution in [2.24, 2.45) is 0 Å². The van der Waals surface area contributed by atoms with Crippen molar-refractivity contribution in [2.45, 2.75) is 0 Å². The SMILES string of the molecule is COc1cc2c(cc1OC)/C(=C/c1sc3ccccc3c1O)C(=O)N2. The summed E-state index contributed by atoms with van der Waals surface area (Å²) in [6.07, 6.45) is 1.72. The van der Waals surface area contributed by atoms with Gasteiger partial charge in [0.25, 0.3) is 5.91 Å². The third-order valence-electron chi connectivity index (χ3n) is 4.18. The molecule has 6 heteroatoms. The average Bonchev–Trinajstić information content (AvgIpc) is 3.11. The lowest BCUT2D eigenvalue weighted by atomic mass is 10.1. The van der Waals surface area contributed by atoms with Crippen molar-refractivity contribution in [3.8, 4) is 17.2 Å². The van der Waals surface area contributed by atoms with Crippen LogP contribution in [0.15, 0.2) is 36.4 Å². The van der Waals surface area contributed by atoms with Crippen LogP contribution in [0.3, 0.4) is 0 Å². The number of nitrogens with one attached hydrogen (secondary N) is 1. The van der Waals surface area contributed by atoms with Crippen molar-refractivity contribution in [3.63, 3.8) is 0 Å². The average molecular weight is 353 g/mol. The van der Waals surface area contributed by atoms with Gasteiger partial charge in [0.2, 0.25) is 0 Å². The van der Waals surface area contributed by atoms with Gasteiger partial charge in [0, 0.05) is 21.7 Å². The zero-order valence-corrected chi connectivity index (χ0v) is 14.4. The highest BCUT2D eigenvalue weighted by atomic mass is 32.1. The molecule has 0 saturated heterocycles. The number of aromatic hydroxyl groups is 1. The number of methoxy groups -OCH3 is 2. The summed E-state index contributed by atoms with van der Waals surface area (Å²) in [4.78, 5) is 13.1. The summed E-state index contributed by atoms with van der Waals surface area (Å²) in [6, 6.07) is 11.1. The number of hydrogen-bond donors (Lipinski definition) is 2. The summed E-state index contributed by atoms with van der Waals surface area (Å²) in [5.41, 5.74) is 1.87. The molecule has 0 unspecified atom stereocenters. The van der Waals surface area contributed by atoms with Crippen LogP contribution in [0.25, 0.3) is 21.7 Å². The van der Waals surface area contributed by atoms with E-state index >= 15 is 0 Å². The van der Waals surface area contributed by atoms with Gasteiger partial charge in [-0.15, -0.1) is 11.3 Å². The molecule has 1 aliphatic heterocycles. The largest absolute Gasteiger partial charge is 0.506 e. The molecule has 0 aliphatic carbocycles. The second kappa shape index (κ2) is 5.82. The standard InChI is InChI=1S/C19H15NO4S/c1-23-14-7-11-12(19(22)20-13(11)9-15(14)24-2)8-17-18(21)10-5-3-4-6-16(10)25-17/h3-9,21H,1-2H3,(H,20,22)/b12-8-. The first kappa shape index (κ1) is 15.5. The summed E-state index contributed by atoms with van der Waals surface area (Å²) in [5, 5.41) is 14.1. The number of thiophene rings is 1. The molecular formula is C19H15NO4S. The number of rotatable bonds is 3. The van der Waals surface area contributed by atoms with Crippen LogP contribution >= 0.6 is 11.3 Å². The second-order valence-corrected chi connectivity index (χ2v) is 6.66. The molecule has 5 nitrogen and oxygen atoms in total. The van der Waals surface area contributed by atoms with Gasteiger partial charge in [-0.1, -0.05) is 12.1 Å². The van der Waals surface area contributed by atoms with Crippen molar-refractivity contribution < 1.29 is 19.4 Å². The minimum Gasteiger partial charge on any atom is -0.506 e. The molecule has 25 heavy (non-hydrogen) atoms. The number of hydrogen-bond acceptors (Lipinski definition) is 5. The predicted octanol–water partition coefficient (Wildman–Crippen LogP) is 4.12. The van der Waals surface area contributed by atoms with Crippen LogP contribution < -0.4 is 14.8 Å². The Labute approximate surface area is 148 Å². The van der Waals surface area contributed by atoms with Crippen LogP contribution in [-0.2, 0) is 4.79 Å². The fraction of sp³-hybridized carbons (Fsp3) is 0.105. The Morgan fingerprint density at radius 3 is 2.56 bits per heavy atom. The molecule has 0 spiro atoms. The van der Waals surface area contributed by atoms with E-state index in [9.17, 15) is 9.90 Å². The number of carbonyl (C=O) groups excluding carboxylic acids is 1. The number of anilines is 1. The number of ether oxygens (including phenoxy) is 2. The van der Waals surface area contributed by atoms with Crippen LogP contribution in [0.2, 0.25) is 0 Å². The van der Waals surface area contributed by atoms with E-state index < -0.39 is 0 Å². The summed E-state index contributed by atoms with van der Waals surface area (Å²) in [5.74, 6) is 1.06. The Morgan fingerprint density at radius 1 is 1.12 bits per heavy atom. The molecule has 0 radical (unpaired) electrons. The van der Waals surface area contributed by atoms with E-state index in [2.05, 4.69) is 5.32 Å². The molecule has 0 saturated carbocycles. The van der Waals surface area contributed by atoms with Crippen molar-refractivity contribution >= 4 is 44.7 Å². The lowest BCUT2D eigenvalue weighted by Gasteiger charge is -2.09. The maximum absolute atomic E-state index is 12.4. The van der Waals surface area contributed by atoms with Gasteiger partial charge in [-0.3, -0.25) is 4.79 Å². The van der Waals surface area contributed by atoms with Gasteiger partial charge >= 0.3 is 0 Å². The summed E-state index contributed by atoms with van der Waals surface area (Å²) < 4.78 is 11.6. The van der Waals surface area contributed by atoms with E-state index in [0.717, 1.165) is 15.6 Å². The Hall–Kier alpha value is -2.99. The molecule has 0 atom stereocenters. The Bertz CT molecular complexity index is 1040. The first-order valence-corrected chi connectivity index (χ1v) is 8.44. The summed E-state index contributed by atoms with van der Waals surface area (Å²) in [6.45, 7) is 0. The lowest BCUT2D eigenvalue weighted by molar-refractivity contribution is -0.110. The molecule has 1 aromatic heterocycles. The van der Waals surface area contributed by atoms with Crippen LogP contribution in [0.4, 0.5) is 5.69 Å². The van der Waals surface area contributed by atoms with Gasteiger partial charge in [0.15, 0.2) is 11.5 Å². The van der Waals surface area contributed by atoms with Crippen molar-refractivity contribution in [2.75, 3.05) is 19.5 Å². The normalized spacial score (nSPS) is 14.6. The molecule has 0 bridgehead atoms. The maximum Gasteiger partial charge on any atom is 0.256 e. The first-order chi connectivity index (χ1) is 12.1. The minimum absolute atomic E-state index is 0.190. The van der Waals surface area contributed by atoms with E-state index in [4.69, 9.17) is 9.47 Å². The number of carbonyl (C=O) groups is 1. The monoisotopic (exact) mass is 353 g/mol. The Morgan fingerprint density at radius 2 is 1.84 bits per heavy atom. The molecule has 2 aromatic carbocycles. The lowest BCUT2D eigenvalue weighted by Crippen LogP contribution is -2.03. The van der Waals surface area contributed by atoms with Gasteiger partial charge < -0.3 is 19.9 Å². The van der Waals surface area contributed by atoms with Gasteiger partial charge in [0.1, 0.15) is 5.75 Å².